The molecule has 34 heavy (non-hydrogen) atoms. The van der Waals surface area contributed by atoms with E-state index in [1.165, 1.54) is 6.20 Å². The van der Waals surface area contributed by atoms with Gasteiger partial charge in [-0.05, 0) is 55.0 Å². The molecule has 5 nitrogen and oxygen atoms in total. The fourth-order valence-electron chi connectivity index (χ4n) is 3.77. The molecule has 2 aliphatic rings. The van der Waals surface area contributed by atoms with Crippen LogP contribution in [0.25, 0.3) is 11.0 Å². The van der Waals surface area contributed by atoms with Crippen LogP contribution >= 0.6 is 11.9 Å². The third-order valence-electron chi connectivity index (χ3n) is 5.82. The number of aromatic amines is 1. The topological polar surface area (TPSA) is 69.8 Å². The van der Waals surface area contributed by atoms with Crippen molar-refractivity contribution >= 4 is 40.1 Å². The highest BCUT2D eigenvalue weighted by Gasteiger charge is 2.27. The first-order valence-corrected chi connectivity index (χ1v) is 11.6. The number of rotatable bonds is 8. The van der Waals surface area contributed by atoms with Crippen LogP contribution < -0.4 is 10.0 Å². The number of anilines is 2. The predicted molar refractivity (Wildman–Crippen MR) is 125 cm³/mol. The first-order valence-electron chi connectivity index (χ1n) is 10.8. The van der Waals surface area contributed by atoms with Gasteiger partial charge in [0.1, 0.15) is 23.1 Å². The minimum absolute atomic E-state index is 0.0313. The summed E-state index contributed by atoms with van der Waals surface area (Å²) in [6, 6.07) is 3.78. The normalized spacial score (nSPS) is 16.1. The number of carbonyl (C=O) groups is 1. The van der Waals surface area contributed by atoms with Crippen LogP contribution in [0.4, 0.5) is 28.9 Å². The van der Waals surface area contributed by atoms with Crippen LogP contribution in [0.1, 0.15) is 41.6 Å². The van der Waals surface area contributed by atoms with Crippen molar-refractivity contribution in [2.75, 3.05) is 16.6 Å². The monoisotopic (exact) mass is 488 g/mol. The maximum atomic E-state index is 15.3. The highest BCUT2D eigenvalue weighted by molar-refractivity contribution is 8.04. The van der Waals surface area contributed by atoms with Gasteiger partial charge in [-0.25, -0.2) is 22.5 Å². The van der Waals surface area contributed by atoms with Gasteiger partial charge < -0.3 is 15.0 Å². The molecule has 3 N–H and O–H groups in total. The number of H-pyrrole nitrogens is 1. The van der Waals surface area contributed by atoms with Crippen LogP contribution in [0.5, 0.6) is 0 Å². The van der Waals surface area contributed by atoms with E-state index in [-0.39, 0.29) is 29.0 Å². The van der Waals surface area contributed by atoms with E-state index >= 15 is 4.39 Å². The summed E-state index contributed by atoms with van der Waals surface area (Å²) in [5.74, 6) is -3.45. The van der Waals surface area contributed by atoms with Gasteiger partial charge in [0.25, 0.3) is 0 Å². The Hall–Kier alpha value is -3.27. The molecule has 0 saturated heterocycles. The first-order chi connectivity index (χ1) is 16.4. The molecule has 3 aromatic rings. The van der Waals surface area contributed by atoms with Gasteiger partial charge >= 0.3 is 0 Å². The molecule has 0 spiro atoms. The Morgan fingerprint density at radius 1 is 1.12 bits per heavy atom. The van der Waals surface area contributed by atoms with E-state index in [1.54, 1.807) is 12.3 Å². The number of hydrogen-bond acceptors (Lipinski definition) is 5. The predicted octanol–water partition coefficient (Wildman–Crippen LogP) is 6.78. The van der Waals surface area contributed by atoms with Crippen LogP contribution in [-0.4, -0.2) is 22.3 Å². The Balaban J connectivity index is 1.46. The van der Waals surface area contributed by atoms with Crippen molar-refractivity contribution in [1.82, 2.24) is 9.97 Å². The number of nitrogens with zero attached hydrogens (tertiary/aromatic N) is 1. The molecule has 2 heterocycles. The number of halogens is 4. The van der Waals surface area contributed by atoms with Crippen molar-refractivity contribution in [3.63, 3.8) is 0 Å². The Kier molecular flexibility index (Phi) is 6.07. The third kappa shape index (κ3) is 4.42. The molecule has 2 aromatic heterocycles. The van der Waals surface area contributed by atoms with Crippen molar-refractivity contribution < 1.29 is 22.4 Å². The smallest absolute Gasteiger partial charge is 0.201 e. The average Bonchev–Trinajstić information content (AvgIpc) is 3.55. The van der Waals surface area contributed by atoms with Crippen LogP contribution in [0.15, 0.2) is 53.2 Å². The Labute approximate surface area is 196 Å². The van der Waals surface area contributed by atoms with Gasteiger partial charge in [0.15, 0.2) is 5.82 Å². The summed E-state index contributed by atoms with van der Waals surface area (Å²) in [4.78, 5) is 20.4. The molecule has 1 fully saturated rings. The van der Waals surface area contributed by atoms with Gasteiger partial charge in [0, 0.05) is 37.5 Å². The minimum atomic E-state index is -1.12. The van der Waals surface area contributed by atoms with Crippen molar-refractivity contribution in [3.8, 4) is 0 Å². The number of fused-ring (bicyclic) bond motifs is 1. The lowest BCUT2D eigenvalue weighted by molar-refractivity contribution is 0.103. The molecular weight excluding hydrogens is 468 g/mol. The second-order valence-electron chi connectivity index (χ2n) is 8.29. The van der Waals surface area contributed by atoms with Gasteiger partial charge in [0.2, 0.25) is 5.78 Å². The lowest BCUT2D eigenvalue weighted by Crippen LogP contribution is -2.10. The number of allylic oxidation sites excluding steroid dienone is 3. The van der Waals surface area contributed by atoms with E-state index in [1.807, 2.05) is 0 Å². The van der Waals surface area contributed by atoms with E-state index in [4.69, 9.17) is 0 Å². The zero-order valence-corrected chi connectivity index (χ0v) is 18.7. The van der Waals surface area contributed by atoms with Crippen molar-refractivity contribution in [2.24, 2.45) is 5.92 Å². The summed E-state index contributed by atoms with van der Waals surface area (Å²) < 4.78 is 60.0. The van der Waals surface area contributed by atoms with Gasteiger partial charge in [-0.3, -0.25) is 4.79 Å². The second kappa shape index (κ2) is 9.17. The molecule has 0 radical (unpaired) electrons. The second-order valence-corrected chi connectivity index (χ2v) is 9.13. The molecule has 0 atom stereocenters. The number of ketones is 1. The van der Waals surface area contributed by atoms with Gasteiger partial charge in [-0.1, -0.05) is 0 Å². The molecular formula is C24H20F4N4OS. The summed E-state index contributed by atoms with van der Waals surface area (Å²) in [5, 5.41) is 3.75. The zero-order valence-electron chi connectivity index (χ0n) is 17.9. The Morgan fingerprint density at radius 3 is 2.74 bits per heavy atom. The van der Waals surface area contributed by atoms with E-state index < -0.39 is 34.6 Å². The summed E-state index contributed by atoms with van der Waals surface area (Å²) in [6.07, 6.45) is 6.14. The molecule has 0 bridgehead atoms. The number of nitrogens with one attached hydrogen (secondary N) is 3. The number of pyridine rings is 1. The van der Waals surface area contributed by atoms with Crippen LogP contribution in [0.2, 0.25) is 0 Å². The number of benzene rings is 1. The number of aromatic nitrogens is 2. The van der Waals surface area contributed by atoms with E-state index in [2.05, 4.69) is 20.0 Å². The van der Waals surface area contributed by atoms with E-state index in [9.17, 15) is 18.0 Å². The van der Waals surface area contributed by atoms with Gasteiger partial charge in [-0.2, -0.15) is 0 Å². The third-order valence-corrected chi connectivity index (χ3v) is 6.71. The SMILES string of the molecule is O=C(c1c(F)ccc(NSC2=C(F)CCC(F)=C2)c1F)c1c[nH]c2nccc(NCC3CC3)c12. The molecule has 10 heteroatoms. The average molecular weight is 489 g/mol. The van der Waals surface area contributed by atoms with E-state index in [0.717, 1.165) is 37.6 Å². The zero-order chi connectivity index (χ0) is 23.8. The molecule has 0 aliphatic heterocycles. The summed E-state index contributed by atoms with van der Waals surface area (Å²) in [7, 11) is 0. The van der Waals surface area contributed by atoms with Crippen LogP contribution in [0.3, 0.4) is 0 Å². The lowest BCUT2D eigenvalue weighted by atomic mass is 10.0. The fourth-order valence-corrected chi connectivity index (χ4v) is 4.55. The summed E-state index contributed by atoms with van der Waals surface area (Å²) in [5.41, 5.74) is 0.182. The number of carbonyl (C=O) groups excluding carboxylic acids is 1. The quantitative estimate of drug-likeness (QED) is 0.185. The van der Waals surface area contributed by atoms with Crippen molar-refractivity contribution in [2.45, 2.75) is 25.7 Å². The van der Waals surface area contributed by atoms with Crippen molar-refractivity contribution in [1.29, 1.82) is 0 Å². The lowest BCUT2D eigenvalue weighted by Gasteiger charge is -2.14. The largest absolute Gasteiger partial charge is 0.384 e. The van der Waals surface area contributed by atoms with Crippen LogP contribution in [-0.2, 0) is 0 Å². The highest BCUT2D eigenvalue weighted by Crippen LogP contribution is 2.36. The molecule has 5 rings (SSSR count). The van der Waals surface area contributed by atoms with Crippen LogP contribution in [0, 0.1) is 17.6 Å². The molecule has 2 aliphatic carbocycles. The molecule has 1 aromatic carbocycles. The standard InChI is InChI=1S/C24H20F4N4OS/c25-13-3-4-15(26)19(9-13)34-32-18-6-5-16(27)21(22(18)28)23(33)14-11-31-24-20(14)17(7-8-29-24)30-10-12-1-2-12/h5-9,11-12,32H,1-4,10H2,(H2,29,30,31). The molecule has 0 amide bonds. The van der Waals surface area contributed by atoms with Gasteiger partial charge in [-0.15, -0.1) is 0 Å². The van der Waals surface area contributed by atoms with Crippen molar-refractivity contribution in [3.05, 3.63) is 76.0 Å². The minimum Gasteiger partial charge on any atom is -0.384 e. The first kappa shape index (κ1) is 22.5. The highest BCUT2D eigenvalue weighted by atomic mass is 32.2. The maximum Gasteiger partial charge on any atom is 0.201 e. The molecule has 0 unspecified atom stereocenters. The number of hydrogen-bond donors (Lipinski definition) is 3. The van der Waals surface area contributed by atoms with E-state index in [0.29, 0.717) is 34.6 Å². The summed E-state index contributed by atoms with van der Waals surface area (Å²) in [6.45, 7) is 0.735. The Morgan fingerprint density at radius 2 is 1.94 bits per heavy atom. The maximum absolute atomic E-state index is 15.3. The van der Waals surface area contributed by atoms with Gasteiger partial charge in [0.05, 0.1) is 27.1 Å². The molecule has 176 valence electrons. The molecule has 1 saturated carbocycles. The fraction of sp³-hybridized carbons (Fsp3) is 0.250. The Bertz CT molecular complexity index is 1350. The summed E-state index contributed by atoms with van der Waals surface area (Å²) >= 11 is 0.659.